The maximum absolute atomic E-state index is 12.3. The largest absolute Gasteiger partial charge is 0.244 e. The van der Waals surface area contributed by atoms with Crippen LogP contribution in [-0.4, -0.2) is 13.4 Å². The molecule has 20 heavy (non-hydrogen) atoms. The molecule has 0 bridgehead atoms. The summed E-state index contributed by atoms with van der Waals surface area (Å²) in [7, 11) is -3.54. The molecule has 0 spiro atoms. The van der Waals surface area contributed by atoms with Crippen LogP contribution in [0, 0.1) is 6.92 Å². The molecule has 6 heteroatoms. The van der Waals surface area contributed by atoms with Crippen molar-refractivity contribution < 1.29 is 8.42 Å². The molecule has 106 valence electrons. The number of nitrogens with zero attached hydrogens (tertiary/aromatic N) is 1. The van der Waals surface area contributed by atoms with Gasteiger partial charge in [-0.3, -0.25) is 0 Å². The lowest BCUT2D eigenvalue weighted by atomic mass is 10.2. The first-order chi connectivity index (χ1) is 9.38. The molecule has 0 amide bonds. The second kappa shape index (κ2) is 6.03. The highest BCUT2D eigenvalue weighted by molar-refractivity contribution is 9.10. The highest BCUT2D eigenvalue weighted by Crippen LogP contribution is 2.17. The van der Waals surface area contributed by atoms with Gasteiger partial charge in [0.2, 0.25) is 10.0 Å². The van der Waals surface area contributed by atoms with E-state index in [0.717, 1.165) is 5.56 Å². The Kier molecular flexibility index (Phi) is 4.57. The molecule has 0 saturated carbocycles. The Bertz CT molecular complexity index is 699. The zero-order valence-electron chi connectivity index (χ0n) is 11.2. The number of hydrogen-bond donors (Lipinski definition) is 1. The maximum atomic E-state index is 12.3. The molecule has 2 aromatic rings. The average molecular weight is 355 g/mol. The summed E-state index contributed by atoms with van der Waals surface area (Å²) in [5.74, 6) is 0. The van der Waals surface area contributed by atoms with Crippen LogP contribution in [-0.2, 0) is 10.0 Å². The molecular weight excluding hydrogens is 340 g/mol. The van der Waals surface area contributed by atoms with E-state index in [9.17, 15) is 8.42 Å². The molecule has 0 aliphatic heterocycles. The number of rotatable bonds is 4. The minimum atomic E-state index is -3.54. The summed E-state index contributed by atoms with van der Waals surface area (Å²) in [6, 6.07) is 11.7. The lowest BCUT2D eigenvalue weighted by molar-refractivity contribution is 0.564. The summed E-state index contributed by atoms with van der Waals surface area (Å²) in [5.41, 5.74) is 1.68. The van der Waals surface area contributed by atoms with Crippen molar-refractivity contribution in [3.8, 4) is 0 Å². The Labute approximate surface area is 127 Å². The molecule has 2 rings (SSSR count). The van der Waals surface area contributed by atoms with E-state index in [-0.39, 0.29) is 4.90 Å². The van der Waals surface area contributed by atoms with Crippen molar-refractivity contribution in [2.45, 2.75) is 24.8 Å². The SMILES string of the molecule is Cc1ccc(S(=O)(=O)N[C@@H](C)c2cccc(Br)n2)cc1. The standard InChI is InChI=1S/C14H15BrN2O2S/c1-10-6-8-12(9-7-10)20(18,19)17-11(2)13-4-3-5-14(15)16-13/h3-9,11,17H,1-2H3/t11-/m0/s1. The molecule has 0 fully saturated rings. The second-order valence-corrected chi connectivity index (χ2v) is 7.07. The summed E-state index contributed by atoms with van der Waals surface area (Å²) in [4.78, 5) is 4.51. The van der Waals surface area contributed by atoms with Gasteiger partial charge >= 0.3 is 0 Å². The Morgan fingerprint density at radius 1 is 1.15 bits per heavy atom. The van der Waals surface area contributed by atoms with Crippen molar-refractivity contribution in [1.82, 2.24) is 9.71 Å². The Morgan fingerprint density at radius 3 is 2.40 bits per heavy atom. The van der Waals surface area contributed by atoms with Gasteiger partial charge in [0.15, 0.2) is 0 Å². The zero-order chi connectivity index (χ0) is 14.8. The second-order valence-electron chi connectivity index (χ2n) is 4.54. The van der Waals surface area contributed by atoms with Crippen molar-refractivity contribution in [2.24, 2.45) is 0 Å². The van der Waals surface area contributed by atoms with Gasteiger partial charge in [-0.2, -0.15) is 0 Å². The fourth-order valence-electron chi connectivity index (χ4n) is 1.74. The van der Waals surface area contributed by atoms with E-state index < -0.39 is 16.1 Å². The first-order valence-electron chi connectivity index (χ1n) is 6.10. The molecule has 0 aliphatic carbocycles. The molecule has 0 unspecified atom stereocenters. The van der Waals surface area contributed by atoms with Crippen LogP contribution in [0.15, 0.2) is 52.0 Å². The molecule has 0 saturated heterocycles. The third-order valence-electron chi connectivity index (χ3n) is 2.84. The lowest BCUT2D eigenvalue weighted by Crippen LogP contribution is -2.27. The summed E-state index contributed by atoms with van der Waals surface area (Å²) in [5, 5.41) is 0. The van der Waals surface area contributed by atoms with Crippen LogP contribution in [0.5, 0.6) is 0 Å². The number of hydrogen-bond acceptors (Lipinski definition) is 3. The summed E-state index contributed by atoms with van der Waals surface area (Å²) < 4.78 is 27.8. The average Bonchev–Trinajstić information content (AvgIpc) is 2.38. The number of halogens is 1. The van der Waals surface area contributed by atoms with E-state index in [1.807, 2.05) is 13.0 Å². The van der Waals surface area contributed by atoms with Crippen LogP contribution in [0.4, 0.5) is 0 Å². The molecule has 1 aromatic heterocycles. The first kappa shape index (κ1) is 15.2. The Balaban J connectivity index is 2.22. The van der Waals surface area contributed by atoms with Gasteiger partial charge in [-0.25, -0.2) is 18.1 Å². The number of benzene rings is 1. The van der Waals surface area contributed by atoms with Gasteiger partial charge in [0.1, 0.15) is 4.60 Å². The predicted octanol–water partition coefficient (Wildman–Crippen LogP) is 3.19. The number of aromatic nitrogens is 1. The fraction of sp³-hybridized carbons (Fsp3) is 0.214. The van der Waals surface area contributed by atoms with Crippen LogP contribution in [0.2, 0.25) is 0 Å². The smallest absolute Gasteiger partial charge is 0.241 e. The van der Waals surface area contributed by atoms with E-state index in [1.165, 1.54) is 0 Å². The van der Waals surface area contributed by atoms with Gasteiger partial charge in [-0.05, 0) is 54.0 Å². The molecule has 0 aliphatic rings. The van der Waals surface area contributed by atoms with Crippen molar-refractivity contribution >= 4 is 26.0 Å². The van der Waals surface area contributed by atoms with Gasteiger partial charge in [0, 0.05) is 0 Å². The van der Waals surface area contributed by atoms with Crippen LogP contribution in [0.1, 0.15) is 24.2 Å². The minimum Gasteiger partial charge on any atom is -0.244 e. The summed E-state index contributed by atoms with van der Waals surface area (Å²) in [6.07, 6.45) is 0. The normalized spacial score (nSPS) is 13.2. The number of aryl methyl sites for hydroxylation is 1. The molecule has 1 aromatic carbocycles. The van der Waals surface area contributed by atoms with Gasteiger partial charge in [-0.15, -0.1) is 0 Å². The van der Waals surface area contributed by atoms with Crippen LogP contribution in [0.25, 0.3) is 0 Å². The van der Waals surface area contributed by atoms with Crippen molar-refractivity contribution in [1.29, 1.82) is 0 Å². The van der Waals surface area contributed by atoms with E-state index in [2.05, 4.69) is 25.6 Å². The quantitative estimate of drug-likeness (QED) is 0.857. The minimum absolute atomic E-state index is 0.255. The van der Waals surface area contributed by atoms with Gasteiger partial charge in [-0.1, -0.05) is 23.8 Å². The number of sulfonamides is 1. The van der Waals surface area contributed by atoms with Gasteiger partial charge in [0.25, 0.3) is 0 Å². The molecule has 4 nitrogen and oxygen atoms in total. The highest BCUT2D eigenvalue weighted by atomic mass is 79.9. The van der Waals surface area contributed by atoms with E-state index in [4.69, 9.17) is 0 Å². The maximum Gasteiger partial charge on any atom is 0.241 e. The molecular formula is C14H15BrN2O2S. The third kappa shape index (κ3) is 3.65. The molecule has 1 heterocycles. The van der Waals surface area contributed by atoms with Crippen LogP contribution >= 0.6 is 15.9 Å². The van der Waals surface area contributed by atoms with E-state index in [1.54, 1.807) is 43.3 Å². The molecule has 1 atom stereocenters. The lowest BCUT2D eigenvalue weighted by Gasteiger charge is -2.14. The van der Waals surface area contributed by atoms with E-state index in [0.29, 0.717) is 10.3 Å². The van der Waals surface area contributed by atoms with Crippen molar-refractivity contribution in [2.75, 3.05) is 0 Å². The number of pyridine rings is 1. The fourth-order valence-corrected chi connectivity index (χ4v) is 3.32. The van der Waals surface area contributed by atoms with Crippen LogP contribution < -0.4 is 4.72 Å². The van der Waals surface area contributed by atoms with Gasteiger partial charge in [0.05, 0.1) is 16.6 Å². The van der Waals surface area contributed by atoms with E-state index >= 15 is 0 Å². The van der Waals surface area contributed by atoms with Crippen molar-refractivity contribution in [3.63, 3.8) is 0 Å². The highest BCUT2D eigenvalue weighted by Gasteiger charge is 2.18. The Hall–Kier alpha value is -1.24. The Morgan fingerprint density at radius 2 is 1.80 bits per heavy atom. The summed E-state index contributed by atoms with van der Waals surface area (Å²) >= 11 is 3.27. The topological polar surface area (TPSA) is 59.1 Å². The monoisotopic (exact) mass is 354 g/mol. The predicted molar refractivity (Wildman–Crippen MR) is 81.9 cm³/mol. The zero-order valence-corrected chi connectivity index (χ0v) is 13.6. The van der Waals surface area contributed by atoms with Crippen molar-refractivity contribution in [3.05, 3.63) is 58.3 Å². The first-order valence-corrected chi connectivity index (χ1v) is 8.37. The van der Waals surface area contributed by atoms with Crippen LogP contribution in [0.3, 0.4) is 0 Å². The van der Waals surface area contributed by atoms with Gasteiger partial charge < -0.3 is 0 Å². The summed E-state index contributed by atoms with van der Waals surface area (Å²) in [6.45, 7) is 3.68. The molecule has 0 radical (unpaired) electrons. The molecule has 1 N–H and O–H groups in total. The third-order valence-corrected chi connectivity index (χ3v) is 4.84. The number of nitrogens with one attached hydrogen (secondary N) is 1.